The van der Waals surface area contributed by atoms with Gasteiger partial charge >= 0.3 is 0 Å². The Morgan fingerprint density at radius 2 is 1.17 bits per heavy atom. The maximum Gasteiger partial charge on any atom is 0.159 e. The number of furan rings is 1. The first kappa shape index (κ1) is 36.0. The van der Waals surface area contributed by atoms with Gasteiger partial charge in [-0.25, -0.2) is 9.98 Å². The second-order valence-electron chi connectivity index (χ2n) is 17.3. The summed E-state index contributed by atoms with van der Waals surface area (Å²) in [6.45, 7) is 0. The molecule has 0 saturated heterocycles. The van der Waals surface area contributed by atoms with Crippen LogP contribution in [0.5, 0.6) is 0 Å². The molecule has 3 aromatic heterocycles. The first-order chi connectivity index (χ1) is 32.2. The lowest BCUT2D eigenvalue weighted by Crippen LogP contribution is -2.34. The van der Waals surface area contributed by atoms with Crippen LogP contribution < -0.4 is 5.32 Å². The molecule has 1 N–H and O–H groups in total. The van der Waals surface area contributed by atoms with Crippen LogP contribution in [0.25, 0.3) is 93.6 Å². The summed E-state index contributed by atoms with van der Waals surface area (Å²) in [6.07, 6.45) is 3.49. The molecule has 0 bridgehead atoms. The zero-order chi connectivity index (χ0) is 42.6. The zero-order valence-corrected chi connectivity index (χ0v) is 35.2. The Morgan fingerprint density at radius 1 is 0.508 bits per heavy atom. The molecule has 6 heteroatoms. The molecule has 0 radical (unpaired) electrons. The third kappa shape index (κ3) is 5.60. The standard InChI is InChI=1S/C59H39N5O/c1-2-17-43(18-3-1)63-49-21-10-8-19-44(49)47-34-48-45-20-9-11-22-50(45)64(53(48)35-52(47)63)51-23-12-24-54-56(51)46-30-29-42(33-55(46)65-54)59-61-57(40-27-25-36-13-4-6-15-38(36)31-40)60-58(62-59)41-28-26-37-14-5-7-16-39(37)32-41/h1-28,31-35,57H,29-30H2,(H,60,61,62). The van der Waals surface area contributed by atoms with Crippen molar-refractivity contribution in [2.45, 2.75) is 19.0 Å². The number of nitrogens with one attached hydrogen (secondary N) is 1. The first-order valence-electron chi connectivity index (χ1n) is 22.4. The summed E-state index contributed by atoms with van der Waals surface area (Å²) in [6, 6.07) is 69.6. The highest BCUT2D eigenvalue weighted by Crippen LogP contribution is 2.43. The van der Waals surface area contributed by atoms with E-state index >= 15 is 0 Å². The van der Waals surface area contributed by atoms with E-state index in [2.05, 4.69) is 215 Å². The first-order valence-corrected chi connectivity index (χ1v) is 22.4. The molecule has 1 atom stereocenters. The molecule has 4 heterocycles. The fourth-order valence-corrected chi connectivity index (χ4v) is 10.6. The Hall–Kier alpha value is -8.48. The molecule has 0 saturated carbocycles. The third-order valence-electron chi connectivity index (χ3n) is 13.6. The number of aryl methyl sites for hydroxylation is 1. The van der Waals surface area contributed by atoms with Crippen LogP contribution in [0, 0.1) is 0 Å². The van der Waals surface area contributed by atoms with E-state index in [1.165, 1.54) is 59.8 Å². The van der Waals surface area contributed by atoms with Crippen LogP contribution in [0.15, 0.2) is 214 Å². The zero-order valence-electron chi connectivity index (χ0n) is 35.2. The SMILES string of the molecule is C1=C(C2=NC(c3ccc4ccccc4c3)=NC(c3ccc4ccccc4c3)N2)CCc2c1oc1cccc(-n3c4ccccc4c4cc5c6ccccc6n(-c6ccccc6)c5cc43)c21. The maximum absolute atomic E-state index is 6.87. The second kappa shape index (κ2) is 14.0. The highest BCUT2D eigenvalue weighted by Gasteiger charge is 2.28. The van der Waals surface area contributed by atoms with Crippen LogP contribution in [0.3, 0.4) is 0 Å². The summed E-state index contributed by atoms with van der Waals surface area (Å²) >= 11 is 0. The number of benzene rings is 9. The van der Waals surface area contributed by atoms with Gasteiger partial charge in [-0.05, 0) is 112 Å². The van der Waals surface area contributed by atoms with Crippen molar-refractivity contribution in [3.8, 4) is 11.4 Å². The molecule has 65 heavy (non-hydrogen) atoms. The van der Waals surface area contributed by atoms with Crippen molar-refractivity contribution >= 4 is 93.9 Å². The lowest BCUT2D eigenvalue weighted by Gasteiger charge is -2.26. The van der Waals surface area contributed by atoms with Crippen LogP contribution >= 0.6 is 0 Å². The van der Waals surface area contributed by atoms with Crippen LogP contribution in [0.4, 0.5) is 0 Å². The lowest BCUT2D eigenvalue weighted by atomic mass is 9.93. The van der Waals surface area contributed by atoms with E-state index in [9.17, 15) is 0 Å². The van der Waals surface area contributed by atoms with Crippen molar-refractivity contribution < 1.29 is 4.42 Å². The minimum absolute atomic E-state index is 0.319. The van der Waals surface area contributed by atoms with E-state index in [4.69, 9.17) is 14.4 Å². The Bertz CT molecular complexity index is 4050. The normalized spacial score (nSPS) is 15.2. The predicted molar refractivity (Wildman–Crippen MR) is 269 cm³/mol. The van der Waals surface area contributed by atoms with Crippen molar-refractivity contribution in [3.63, 3.8) is 0 Å². The lowest BCUT2D eigenvalue weighted by molar-refractivity contribution is 0.594. The minimum atomic E-state index is -0.319. The fourth-order valence-electron chi connectivity index (χ4n) is 10.6. The monoisotopic (exact) mass is 833 g/mol. The number of aliphatic imine (C=N–C) groups is 2. The topological polar surface area (TPSA) is 59.8 Å². The van der Waals surface area contributed by atoms with Gasteiger partial charge in [-0.1, -0.05) is 133 Å². The van der Waals surface area contributed by atoms with Crippen molar-refractivity contribution in [3.05, 3.63) is 222 Å². The Labute approximate surface area is 373 Å². The van der Waals surface area contributed by atoms with E-state index in [-0.39, 0.29) is 6.17 Å². The van der Waals surface area contributed by atoms with E-state index in [0.29, 0.717) is 5.84 Å². The van der Waals surface area contributed by atoms with Gasteiger partial charge in [-0.2, -0.15) is 0 Å². The fraction of sp³-hybridized carbons (Fsp3) is 0.0508. The van der Waals surface area contributed by atoms with E-state index < -0.39 is 0 Å². The van der Waals surface area contributed by atoms with E-state index in [0.717, 1.165) is 74.4 Å². The summed E-state index contributed by atoms with van der Waals surface area (Å²) in [5.74, 6) is 2.42. The number of fused-ring (bicyclic) bond motifs is 11. The van der Waals surface area contributed by atoms with E-state index in [1.807, 2.05) is 0 Å². The van der Waals surface area contributed by atoms with Gasteiger partial charge in [-0.3, -0.25) is 0 Å². The van der Waals surface area contributed by atoms with Gasteiger partial charge < -0.3 is 18.9 Å². The van der Waals surface area contributed by atoms with Gasteiger partial charge in [0.25, 0.3) is 0 Å². The molecule has 1 unspecified atom stereocenters. The van der Waals surface area contributed by atoms with Crippen molar-refractivity contribution in [2.24, 2.45) is 9.98 Å². The Kier molecular flexibility index (Phi) is 7.77. The highest BCUT2D eigenvalue weighted by molar-refractivity contribution is 6.20. The maximum atomic E-state index is 6.87. The number of hydrogen-bond acceptors (Lipinski definition) is 4. The van der Waals surface area contributed by atoms with Gasteiger partial charge in [0, 0.05) is 43.7 Å². The molecule has 1 aliphatic carbocycles. The molecular formula is C59H39N5O. The molecule has 6 nitrogen and oxygen atoms in total. The number of rotatable bonds is 5. The highest BCUT2D eigenvalue weighted by atomic mass is 16.3. The van der Waals surface area contributed by atoms with Gasteiger partial charge in [0.15, 0.2) is 5.84 Å². The predicted octanol–water partition coefficient (Wildman–Crippen LogP) is 14.4. The van der Waals surface area contributed by atoms with Gasteiger partial charge in [0.05, 0.1) is 27.8 Å². The molecule has 0 fully saturated rings. The molecule has 0 spiro atoms. The van der Waals surface area contributed by atoms with Gasteiger partial charge in [-0.15, -0.1) is 0 Å². The number of amidine groups is 2. The summed E-state index contributed by atoms with van der Waals surface area (Å²) in [4.78, 5) is 10.5. The van der Waals surface area contributed by atoms with Crippen molar-refractivity contribution in [1.29, 1.82) is 0 Å². The van der Waals surface area contributed by atoms with Gasteiger partial charge in [0.2, 0.25) is 0 Å². The molecule has 2 aliphatic rings. The molecule has 1 aliphatic heterocycles. The molecular weight excluding hydrogens is 795 g/mol. The Balaban J connectivity index is 0.928. The van der Waals surface area contributed by atoms with Crippen LogP contribution in [0.2, 0.25) is 0 Å². The summed E-state index contributed by atoms with van der Waals surface area (Å²) in [7, 11) is 0. The molecule has 0 amide bonds. The van der Waals surface area contributed by atoms with Crippen LogP contribution in [-0.2, 0) is 6.42 Å². The molecule has 14 rings (SSSR count). The second-order valence-corrected chi connectivity index (χ2v) is 17.3. The van der Waals surface area contributed by atoms with Crippen LogP contribution in [-0.4, -0.2) is 20.8 Å². The number of hydrogen-bond donors (Lipinski definition) is 1. The number of nitrogens with zero attached hydrogens (tertiary/aromatic N) is 4. The average molecular weight is 834 g/mol. The van der Waals surface area contributed by atoms with Crippen molar-refractivity contribution in [2.75, 3.05) is 0 Å². The quantitative estimate of drug-likeness (QED) is 0.188. The summed E-state index contributed by atoms with van der Waals surface area (Å²) in [5, 5.41) is 14.6. The molecule has 12 aromatic rings. The van der Waals surface area contributed by atoms with E-state index in [1.54, 1.807) is 0 Å². The number of aromatic nitrogens is 2. The summed E-state index contributed by atoms with van der Waals surface area (Å²) in [5.41, 5.74) is 12.2. The Morgan fingerprint density at radius 3 is 1.95 bits per heavy atom. The molecule has 306 valence electrons. The third-order valence-corrected chi connectivity index (χ3v) is 13.6. The molecule has 9 aromatic carbocycles. The largest absolute Gasteiger partial charge is 0.456 e. The smallest absolute Gasteiger partial charge is 0.159 e. The van der Waals surface area contributed by atoms with Crippen LogP contribution in [0.1, 0.15) is 35.0 Å². The van der Waals surface area contributed by atoms with Crippen molar-refractivity contribution in [1.82, 2.24) is 14.5 Å². The minimum Gasteiger partial charge on any atom is -0.456 e. The number of para-hydroxylation sites is 3. The summed E-state index contributed by atoms with van der Waals surface area (Å²) < 4.78 is 11.7. The van der Waals surface area contributed by atoms with Gasteiger partial charge in [0.1, 0.15) is 23.3 Å². The average Bonchev–Trinajstić information content (AvgIpc) is 4.02.